The molecule has 0 saturated heterocycles. The molecule has 0 aliphatic rings. The van der Waals surface area contributed by atoms with Gasteiger partial charge in [0.05, 0.1) is 34.4 Å². The first kappa shape index (κ1) is 25.8. The van der Waals surface area contributed by atoms with Crippen LogP contribution in [0.5, 0.6) is 0 Å². The Kier molecular flexibility index (Phi) is 8.03. The maximum Gasteiger partial charge on any atom is 0.337 e. The monoisotopic (exact) mass is 505 g/mol. The van der Waals surface area contributed by atoms with Gasteiger partial charge in [0.2, 0.25) is 10.0 Å². The fraction of sp³-hybridized carbons (Fsp3) is 0.348. The van der Waals surface area contributed by atoms with E-state index in [0.717, 1.165) is 10.2 Å². The van der Waals surface area contributed by atoms with Gasteiger partial charge in [-0.3, -0.25) is 4.79 Å². The van der Waals surface area contributed by atoms with Gasteiger partial charge in [-0.15, -0.1) is 0 Å². The maximum absolute atomic E-state index is 12.9. The molecule has 0 saturated carbocycles. The van der Waals surface area contributed by atoms with Crippen LogP contribution in [-0.2, 0) is 26.0 Å². The zero-order valence-corrected chi connectivity index (χ0v) is 21.3. The molecule has 0 N–H and O–H groups in total. The highest BCUT2D eigenvalue weighted by Crippen LogP contribution is 2.21. The van der Waals surface area contributed by atoms with Crippen LogP contribution in [0.2, 0.25) is 0 Å². The largest absolute Gasteiger partial charge is 0.465 e. The number of thiazole rings is 1. The molecular formula is C23H27N3O6S2. The van der Waals surface area contributed by atoms with Crippen molar-refractivity contribution in [3.63, 3.8) is 0 Å². The van der Waals surface area contributed by atoms with Crippen molar-refractivity contribution in [2.45, 2.75) is 31.3 Å². The molecular weight excluding hydrogens is 478 g/mol. The average Bonchev–Trinajstić information content (AvgIpc) is 3.17. The summed E-state index contributed by atoms with van der Waals surface area (Å²) in [4.78, 5) is 29.6. The fourth-order valence-corrected chi connectivity index (χ4v) is 5.63. The van der Waals surface area contributed by atoms with E-state index in [1.807, 2.05) is 4.57 Å². The van der Waals surface area contributed by atoms with Crippen molar-refractivity contribution in [1.29, 1.82) is 0 Å². The zero-order chi connectivity index (χ0) is 25.0. The van der Waals surface area contributed by atoms with E-state index >= 15 is 0 Å². The number of fused-ring (bicyclic) bond motifs is 1. The first-order chi connectivity index (χ1) is 16.1. The highest BCUT2D eigenvalue weighted by molar-refractivity contribution is 7.89. The summed E-state index contributed by atoms with van der Waals surface area (Å²) in [6.45, 7) is 4.43. The number of carbonyl (C=O) groups is 2. The Hall–Kier alpha value is -2.86. The quantitative estimate of drug-likeness (QED) is 0.436. The number of aromatic nitrogens is 1. The van der Waals surface area contributed by atoms with Crippen LogP contribution >= 0.6 is 11.3 Å². The van der Waals surface area contributed by atoms with E-state index in [4.69, 9.17) is 9.47 Å². The van der Waals surface area contributed by atoms with Crippen LogP contribution in [0.25, 0.3) is 10.2 Å². The van der Waals surface area contributed by atoms with Crippen molar-refractivity contribution in [3.8, 4) is 0 Å². The van der Waals surface area contributed by atoms with Crippen molar-refractivity contribution < 1.29 is 27.5 Å². The van der Waals surface area contributed by atoms with Gasteiger partial charge in [0.25, 0.3) is 5.91 Å². The number of benzene rings is 2. The van der Waals surface area contributed by atoms with Gasteiger partial charge in [0.1, 0.15) is 0 Å². The summed E-state index contributed by atoms with van der Waals surface area (Å²) in [6.07, 6.45) is 0. The summed E-state index contributed by atoms with van der Waals surface area (Å²) in [5.74, 6) is -0.960. The molecule has 2 aromatic carbocycles. The number of carbonyl (C=O) groups excluding carboxylic acids is 2. The molecule has 0 unspecified atom stereocenters. The minimum absolute atomic E-state index is 0.104. The molecule has 1 heterocycles. The molecule has 0 atom stereocenters. The lowest BCUT2D eigenvalue weighted by atomic mass is 10.2. The molecule has 11 heteroatoms. The SMILES string of the molecule is COCCn1c(=NC(=O)c2ccc(S(=O)(=O)N(C)C(C)C)cc2)sc2cc(C(=O)OC)ccc21. The Morgan fingerprint density at radius 2 is 1.74 bits per heavy atom. The van der Waals surface area contributed by atoms with E-state index in [2.05, 4.69) is 4.99 Å². The predicted molar refractivity (Wildman–Crippen MR) is 129 cm³/mol. The van der Waals surface area contributed by atoms with Crippen LogP contribution in [0.4, 0.5) is 0 Å². The Morgan fingerprint density at radius 3 is 2.32 bits per heavy atom. The van der Waals surface area contributed by atoms with E-state index in [9.17, 15) is 18.0 Å². The first-order valence-electron chi connectivity index (χ1n) is 10.5. The van der Waals surface area contributed by atoms with Crippen LogP contribution in [-0.4, -0.2) is 63.1 Å². The van der Waals surface area contributed by atoms with Gasteiger partial charge in [0.15, 0.2) is 4.80 Å². The van der Waals surface area contributed by atoms with E-state index in [1.165, 1.54) is 54.1 Å². The number of nitrogens with zero attached hydrogens (tertiary/aromatic N) is 3. The Bertz CT molecular complexity index is 1370. The summed E-state index contributed by atoms with van der Waals surface area (Å²) in [6, 6.07) is 10.7. The lowest BCUT2D eigenvalue weighted by molar-refractivity contribution is 0.0600. The second-order valence-corrected chi connectivity index (χ2v) is 10.8. The number of ether oxygens (including phenoxy) is 2. The number of amides is 1. The molecule has 0 bridgehead atoms. The molecule has 0 radical (unpaired) electrons. The molecule has 0 spiro atoms. The summed E-state index contributed by atoms with van der Waals surface area (Å²) >= 11 is 1.26. The number of esters is 1. The summed E-state index contributed by atoms with van der Waals surface area (Å²) in [5, 5.41) is 0. The van der Waals surface area contributed by atoms with E-state index in [0.29, 0.717) is 23.5 Å². The molecule has 3 rings (SSSR count). The topological polar surface area (TPSA) is 107 Å². The Morgan fingerprint density at radius 1 is 1.09 bits per heavy atom. The normalized spacial score (nSPS) is 12.6. The molecule has 1 amide bonds. The van der Waals surface area contributed by atoms with E-state index < -0.39 is 21.9 Å². The smallest absolute Gasteiger partial charge is 0.337 e. The van der Waals surface area contributed by atoms with Gasteiger partial charge >= 0.3 is 5.97 Å². The van der Waals surface area contributed by atoms with Crippen molar-refractivity contribution in [3.05, 3.63) is 58.4 Å². The standard InChI is InChI=1S/C23H27N3O6S2/c1-15(2)25(3)34(29,30)18-9-6-16(7-10-18)21(27)24-23-26(12-13-31-4)19-11-8-17(22(28)32-5)14-20(19)33-23/h6-11,14-15H,12-13H2,1-5H3. The molecule has 0 fully saturated rings. The minimum Gasteiger partial charge on any atom is -0.465 e. The summed E-state index contributed by atoms with van der Waals surface area (Å²) < 4.78 is 39.2. The number of sulfonamides is 1. The Labute approximate surface area is 202 Å². The average molecular weight is 506 g/mol. The van der Waals surface area contributed by atoms with Crippen LogP contribution < -0.4 is 4.80 Å². The Balaban J connectivity index is 2.01. The third kappa shape index (κ3) is 5.27. The molecule has 34 heavy (non-hydrogen) atoms. The second kappa shape index (κ2) is 10.6. The minimum atomic E-state index is -3.65. The summed E-state index contributed by atoms with van der Waals surface area (Å²) in [5.41, 5.74) is 1.47. The maximum atomic E-state index is 12.9. The molecule has 182 valence electrons. The molecule has 9 nitrogen and oxygen atoms in total. The first-order valence-corrected chi connectivity index (χ1v) is 12.7. The van der Waals surface area contributed by atoms with Gasteiger partial charge in [0, 0.05) is 32.3 Å². The van der Waals surface area contributed by atoms with E-state index in [-0.39, 0.29) is 16.5 Å². The molecule has 0 aliphatic carbocycles. The van der Waals surface area contributed by atoms with Crippen LogP contribution in [0, 0.1) is 0 Å². The van der Waals surface area contributed by atoms with Crippen molar-refractivity contribution in [2.75, 3.05) is 27.9 Å². The highest BCUT2D eigenvalue weighted by Gasteiger charge is 2.23. The van der Waals surface area contributed by atoms with Crippen LogP contribution in [0.15, 0.2) is 52.4 Å². The summed E-state index contributed by atoms with van der Waals surface area (Å²) in [7, 11) is 0.763. The fourth-order valence-electron chi connectivity index (χ4n) is 3.17. The van der Waals surface area contributed by atoms with Crippen LogP contribution in [0.3, 0.4) is 0 Å². The third-order valence-corrected chi connectivity index (χ3v) is 8.41. The van der Waals surface area contributed by atoms with Gasteiger partial charge in [-0.2, -0.15) is 9.30 Å². The molecule has 0 aliphatic heterocycles. The predicted octanol–water partition coefficient (Wildman–Crippen LogP) is 2.91. The number of hydrogen-bond donors (Lipinski definition) is 0. The second-order valence-electron chi connectivity index (χ2n) is 7.76. The van der Waals surface area contributed by atoms with Gasteiger partial charge in [-0.1, -0.05) is 11.3 Å². The van der Waals surface area contributed by atoms with Gasteiger partial charge < -0.3 is 14.0 Å². The zero-order valence-electron chi connectivity index (χ0n) is 19.6. The lowest BCUT2D eigenvalue weighted by Gasteiger charge is -2.20. The van der Waals surface area contributed by atoms with E-state index in [1.54, 1.807) is 39.2 Å². The third-order valence-electron chi connectivity index (χ3n) is 5.33. The van der Waals surface area contributed by atoms with Crippen molar-refractivity contribution >= 4 is 43.5 Å². The highest BCUT2D eigenvalue weighted by atomic mass is 32.2. The number of rotatable bonds is 8. The van der Waals surface area contributed by atoms with Gasteiger partial charge in [-0.05, 0) is 56.3 Å². The van der Waals surface area contributed by atoms with Crippen molar-refractivity contribution in [1.82, 2.24) is 8.87 Å². The van der Waals surface area contributed by atoms with Crippen molar-refractivity contribution in [2.24, 2.45) is 4.99 Å². The molecule has 3 aromatic rings. The number of methoxy groups -OCH3 is 2. The van der Waals surface area contributed by atoms with Crippen LogP contribution in [0.1, 0.15) is 34.6 Å². The van der Waals surface area contributed by atoms with Gasteiger partial charge in [-0.25, -0.2) is 13.2 Å². The molecule has 1 aromatic heterocycles. The lowest BCUT2D eigenvalue weighted by Crippen LogP contribution is -2.33. The number of hydrogen-bond acceptors (Lipinski definition) is 7.